The molecule has 3 aromatic rings. The average Bonchev–Trinajstić information content (AvgIpc) is 3.02. The molecule has 0 atom stereocenters. The van der Waals surface area contributed by atoms with Gasteiger partial charge in [-0.05, 0) is 17.7 Å². The minimum atomic E-state index is 0.758. The molecule has 0 aliphatic carbocycles. The molecule has 0 saturated carbocycles. The molecule has 0 bridgehead atoms. The second kappa shape index (κ2) is 12.5. The minimum Gasteiger partial charge on any atom is -0.184 e. The van der Waals surface area contributed by atoms with Gasteiger partial charge in [0.25, 0.3) is 0 Å². The summed E-state index contributed by atoms with van der Waals surface area (Å²) in [5, 5.41) is 0.794. The van der Waals surface area contributed by atoms with E-state index in [0.29, 0.717) is 0 Å². The number of aromatic nitrogens is 2. The predicted octanol–water partition coefficient (Wildman–Crippen LogP) is 5.81. The normalized spacial score (nSPS) is 10.5. The van der Waals surface area contributed by atoms with E-state index in [1.165, 1.54) is 14.9 Å². The maximum atomic E-state index is 5.73. The molecule has 2 aromatic carbocycles. The van der Waals surface area contributed by atoms with Crippen LogP contribution in [0.2, 0.25) is 5.02 Å². The van der Waals surface area contributed by atoms with Gasteiger partial charge < -0.3 is 0 Å². The maximum Gasteiger partial charge on any atom is 0.0435 e. The number of rotatable bonds is 6. The first-order valence-electron chi connectivity index (χ1n) is 8.55. The van der Waals surface area contributed by atoms with Crippen LogP contribution in [-0.4, -0.2) is 24.7 Å². The predicted molar refractivity (Wildman–Crippen MR) is 130 cm³/mol. The smallest absolute Gasteiger partial charge is 0.0435 e. The molecule has 5 nitrogen and oxygen atoms in total. The van der Waals surface area contributed by atoms with E-state index < -0.39 is 0 Å². The van der Waals surface area contributed by atoms with Crippen molar-refractivity contribution in [2.24, 2.45) is 7.05 Å². The number of hydrogen-bond donors (Lipinski definition) is 0. The molecule has 160 valence electrons. The standard InChI is InChI=1S/C13H16N2O2.C7H6ClI2N.Pt/c1-14-6-7-15(10-14)9-11-4-5-12(16-2)13(8-11)17-3;8-7-3-1-6(2-4-7)5-11(9)10;/h4-8H,9H2,1-3H3;1-4H,5H2;. The second-order valence-electron chi connectivity index (χ2n) is 6.06. The Morgan fingerprint density at radius 1 is 0.966 bits per heavy atom. The van der Waals surface area contributed by atoms with Gasteiger partial charge in [0, 0.05) is 57.3 Å². The Labute approximate surface area is 215 Å². The number of methoxy groups -OCH3 is 2. The van der Waals surface area contributed by atoms with Crippen LogP contribution in [0, 0.1) is 3.80 Å². The van der Waals surface area contributed by atoms with Crippen molar-refractivity contribution in [2.75, 3.05) is 14.2 Å². The van der Waals surface area contributed by atoms with Crippen molar-refractivity contribution in [3.05, 3.63) is 74.8 Å². The molecule has 0 saturated heterocycles. The van der Waals surface area contributed by atoms with E-state index in [9.17, 15) is 0 Å². The molecule has 0 spiro atoms. The molecule has 29 heavy (non-hydrogen) atoms. The minimum absolute atomic E-state index is 0.758. The fraction of sp³-hybridized carbons (Fsp3) is 0.250. The van der Waals surface area contributed by atoms with Crippen molar-refractivity contribution >= 4 is 57.3 Å². The molecule has 1 heterocycles. The number of nitrogens with zero attached hydrogens (tertiary/aromatic N) is 3. The summed E-state index contributed by atoms with van der Waals surface area (Å²) in [5.74, 6) is 1.52. The average molecular weight is 821 g/mol. The quantitative estimate of drug-likeness (QED) is 0.233. The third-order valence-corrected chi connectivity index (χ3v) is 6.36. The van der Waals surface area contributed by atoms with Crippen LogP contribution in [0.1, 0.15) is 11.1 Å². The van der Waals surface area contributed by atoms with Crippen molar-refractivity contribution in [3.8, 4) is 11.5 Å². The van der Waals surface area contributed by atoms with E-state index in [4.69, 9.17) is 21.1 Å². The summed E-state index contributed by atoms with van der Waals surface area (Å²) < 4.78 is 18.1. The van der Waals surface area contributed by atoms with Gasteiger partial charge in [0.05, 0.1) is 0 Å². The number of imidazole rings is 1. The number of hydrogen-bond acceptors (Lipinski definition) is 3. The van der Waals surface area contributed by atoms with Crippen LogP contribution in [0.15, 0.2) is 54.9 Å². The Balaban J connectivity index is 0.000000234. The first-order valence-corrected chi connectivity index (χ1v) is 12.0. The van der Waals surface area contributed by atoms with Gasteiger partial charge in [0.1, 0.15) is 0 Å². The largest absolute Gasteiger partial charge is 0.184 e. The van der Waals surface area contributed by atoms with E-state index in [1.807, 2.05) is 49.6 Å². The van der Waals surface area contributed by atoms with Gasteiger partial charge >= 0.3 is 117 Å². The molecular weight excluding hydrogens is 799 g/mol. The van der Waals surface area contributed by atoms with E-state index in [-0.39, 0.29) is 0 Å². The van der Waals surface area contributed by atoms with Gasteiger partial charge in [-0.25, -0.2) is 0 Å². The molecule has 3 rings (SSSR count). The van der Waals surface area contributed by atoms with Gasteiger partial charge in [0.15, 0.2) is 0 Å². The Kier molecular flexibility index (Phi) is 10.7. The molecule has 0 amide bonds. The van der Waals surface area contributed by atoms with Crippen LogP contribution in [0.4, 0.5) is 0 Å². The molecule has 1 aromatic heterocycles. The summed E-state index contributed by atoms with van der Waals surface area (Å²) in [4.78, 5) is 0. The molecule has 9 heteroatoms. The van der Waals surface area contributed by atoms with Gasteiger partial charge in [-0.2, -0.15) is 1.33 Å². The zero-order valence-corrected chi connectivity index (χ0v) is 23.6. The fourth-order valence-corrected chi connectivity index (χ4v) is 3.95. The third kappa shape index (κ3) is 8.01. The van der Waals surface area contributed by atoms with Crippen LogP contribution in [0.3, 0.4) is 0 Å². The third-order valence-electron chi connectivity index (χ3n) is 3.97. The summed E-state index contributed by atoms with van der Waals surface area (Å²) >= 11 is 12.5. The van der Waals surface area contributed by atoms with Gasteiger partial charge in [0.2, 0.25) is 0 Å². The Bertz CT molecular complexity index is 975. The SMILES string of the molecule is COc1ccc(Cn2ccn(C)[c]2=[Pt])cc1OC.Clc1ccc(CN(I)I)cc1. The summed E-state index contributed by atoms with van der Waals surface area (Å²) in [6.07, 6.45) is 4.11. The molecule has 0 fully saturated rings. The van der Waals surface area contributed by atoms with Crippen LogP contribution in [-0.2, 0) is 39.5 Å². The molecule has 0 radical (unpaired) electrons. The summed E-state index contributed by atoms with van der Waals surface area (Å²) in [6, 6.07) is 13.9. The van der Waals surface area contributed by atoms with Crippen LogP contribution in [0.5, 0.6) is 11.5 Å². The van der Waals surface area contributed by atoms with Gasteiger partial charge in [-0.3, -0.25) is 0 Å². The van der Waals surface area contributed by atoms with Crippen molar-refractivity contribution in [1.29, 1.82) is 0 Å². The zero-order valence-electron chi connectivity index (χ0n) is 16.2. The zero-order chi connectivity index (χ0) is 21.4. The summed E-state index contributed by atoms with van der Waals surface area (Å²) in [7, 11) is 5.33. The summed E-state index contributed by atoms with van der Waals surface area (Å²) in [5.41, 5.74) is 2.46. The summed E-state index contributed by atoms with van der Waals surface area (Å²) in [6.45, 7) is 1.76. The first-order chi connectivity index (χ1) is 13.8. The maximum absolute atomic E-state index is 5.73. The molecular formula is C20H22ClI2N3O2Pt. The number of benzene rings is 2. The van der Waals surface area contributed by atoms with Gasteiger partial charge in [-0.1, -0.05) is 23.7 Å². The van der Waals surface area contributed by atoms with E-state index in [2.05, 4.69) is 87.8 Å². The van der Waals surface area contributed by atoms with Crippen molar-refractivity contribution in [2.45, 2.75) is 13.1 Å². The topological polar surface area (TPSA) is 31.6 Å². The van der Waals surface area contributed by atoms with Gasteiger partial charge in [-0.15, -0.1) is 0 Å². The molecule has 0 aliphatic rings. The first kappa shape index (κ1) is 24.9. The second-order valence-corrected chi connectivity index (χ2v) is 11.7. The van der Waals surface area contributed by atoms with Crippen LogP contribution < -0.4 is 9.47 Å². The Morgan fingerprint density at radius 2 is 1.59 bits per heavy atom. The van der Waals surface area contributed by atoms with E-state index >= 15 is 0 Å². The van der Waals surface area contributed by atoms with E-state index in [0.717, 1.165) is 29.6 Å². The fourth-order valence-electron chi connectivity index (χ4n) is 2.51. The van der Waals surface area contributed by atoms with E-state index in [1.54, 1.807) is 14.2 Å². The Hall–Kier alpha value is -0.352. The number of ether oxygens (including phenoxy) is 2. The van der Waals surface area contributed by atoms with Crippen LogP contribution >= 0.6 is 57.3 Å². The molecule has 0 aliphatic heterocycles. The number of aryl methyl sites for hydroxylation is 1. The Morgan fingerprint density at radius 3 is 2.10 bits per heavy atom. The number of halogens is 3. The van der Waals surface area contributed by atoms with Crippen molar-refractivity contribution in [3.63, 3.8) is 0 Å². The monoisotopic (exact) mass is 820 g/mol. The molecule has 0 N–H and O–H groups in total. The van der Waals surface area contributed by atoms with Crippen LogP contribution in [0.25, 0.3) is 0 Å². The van der Waals surface area contributed by atoms with Crippen molar-refractivity contribution in [1.82, 2.24) is 10.5 Å². The molecule has 0 unspecified atom stereocenters. The van der Waals surface area contributed by atoms with Crippen molar-refractivity contribution < 1.29 is 28.8 Å².